The molecule has 4 nitrogen and oxygen atoms in total. The molecule has 0 saturated carbocycles. The van der Waals surface area contributed by atoms with E-state index in [9.17, 15) is 4.79 Å². The van der Waals surface area contributed by atoms with Gasteiger partial charge in [-0.15, -0.1) is 0 Å². The summed E-state index contributed by atoms with van der Waals surface area (Å²) < 4.78 is 0. The average molecular weight is 181 g/mol. The van der Waals surface area contributed by atoms with Crippen LogP contribution in [0.2, 0.25) is 0 Å². The minimum Gasteiger partial charge on any atom is -0.355 e. The summed E-state index contributed by atoms with van der Waals surface area (Å²) in [5.41, 5.74) is 0. The van der Waals surface area contributed by atoms with Gasteiger partial charge in [0.05, 0.1) is 12.5 Å². The quantitative estimate of drug-likeness (QED) is 0.624. The van der Waals surface area contributed by atoms with Gasteiger partial charge in [0.2, 0.25) is 5.91 Å². The van der Waals surface area contributed by atoms with Crippen LogP contribution >= 0.6 is 0 Å². The van der Waals surface area contributed by atoms with Crippen LogP contribution in [-0.2, 0) is 4.79 Å². The van der Waals surface area contributed by atoms with E-state index in [0.29, 0.717) is 12.6 Å². The maximum Gasteiger partial charge on any atom is 0.238 e. The van der Waals surface area contributed by atoms with Gasteiger partial charge in [0.25, 0.3) is 0 Å². The summed E-state index contributed by atoms with van der Waals surface area (Å²) in [5, 5.41) is 11.4. The van der Waals surface area contributed by atoms with Crippen LogP contribution in [0.5, 0.6) is 0 Å². The molecule has 1 rings (SSSR count). The Labute approximate surface area is 78.5 Å². The maximum atomic E-state index is 11.5. The highest BCUT2D eigenvalue weighted by atomic mass is 16.2. The van der Waals surface area contributed by atoms with E-state index in [1.54, 1.807) is 0 Å². The summed E-state index contributed by atoms with van der Waals surface area (Å²) in [6, 6.07) is 2.13. The lowest BCUT2D eigenvalue weighted by molar-refractivity contribution is -0.125. The molecule has 1 saturated heterocycles. The Morgan fingerprint density at radius 1 is 1.77 bits per heavy atom. The van der Waals surface area contributed by atoms with Crippen LogP contribution in [0.1, 0.15) is 19.8 Å². The first-order valence-electron chi connectivity index (χ1n) is 4.53. The van der Waals surface area contributed by atoms with E-state index in [1.807, 2.05) is 18.0 Å². The lowest BCUT2D eigenvalue weighted by Gasteiger charge is -2.26. The number of nitriles is 1. The molecule has 0 aromatic carbocycles. The molecule has 0 radical (unpaired) electrons. The van der Waals surface area contributed by atoms with Crippen LogP contribution in [0, 0.1) is 11.3 Å². The number of carbonyl (C=O) groups is 1. The minimum atomic E-state index is -0.275. The van der Waals surface area contributed by atoms with Crippen LogP contribution < -0.4 is 5.32 Å². The molecule has 0 aliphatic carbocycles. The SMILES string of the molecule is CC1CCNC(=O)C(CC#N)N1C. The molecule has 0 aromatic rings. The van der Waals surface area contributed by atoms with Crippen molar-refractivity contribution in [2.24, 2.45) is 0 Å². The number of hydrogen-bond acceptors (Lipinski definition) is 3. The van der Waals surface area contributed by atoms with Gasteiger partial charge in [-0.25, -0.2) is 0 Å². The summed E-state index contributed by atoms with van der Waals surface area (Å²) in [7, 11) is 1.90. The number of amides is 1. The second-order valence-electron chi connectivity index (χ2n) is 3.47. The van der Waals surface area contributed by atoms with Crippen molar-refractivity contribution in [1.82, 2.24) is 10.2 Å². The van der Waals surface area contributed by atoms with Gasteiger partial charge in [0.15, 0.2) is 0 Å². The van der Waals surface area contributed by atoms with E-state index >= 15 is 0 Å². The number of likely N-dealkylation sites (N-methyl/N-ethyl adjacent to an activating group) is 1. The van der Waals surface area contributed by atoms with Gasteiger partial charge in [0.1, 0.15) is 6.04 Å². The van der Waals surface area contributed by atoms with Crippen molar-refractivity contribution in [3.63, 3.8) is 0 Å². The van der Waals surface area contributed by atoms with Gasteiger partial charge in [-0.3, -0.25) is 9.69 Å². The first-order valence-corrected chi connectivity index (χ1v) is 4.53. The lowest BCUT2D eigenvalue weighted by Crippen LogP contribution is -2.44. The number of nitrogens with zero attached hydrogens (tertiary/aromatic N) is 2. The molecule has 2 atom stereocenters. The van der Waals surface area contributed by atoms with E-state index < -0.39 is 0 Å². The zero-order valence-electron chi connectivity index (χ0n) is 8.08. The Bertz CT molecular complexity index is 234. The molecule has 1 N–H and O–H groups in total. The van der Waals surface area contributed by atoms with E-state index in [0.717, 1.165) is 6.42 Å². The van der Waals surface area contributed by atoms with Crippen molar-refractivity contribution >= 4 is 5.91 Å². The predicted molar refractivity (Wildman–Crippen MR) is 48.9 cm³/mol. The summed E-state index contributed by atoms with van der Waals surface area (Å²) in [4.78, 5) is 13.4. The monoisotopic (exact) mass is 181 g/mol. The van der Waals surface area contributed by atoms with Gasteiger partial charge in [-0.1, -0.05) is 0 Å². The molecule has 1 aliphatic rings. The first kappa shape index (κ1) is 10.0. The molecule has 4 heteroatoms. The highest BCUT2D eigenvalue weighted by Gasteiger charge is 2.28. The van der Waals surface area contributed by atoms with Crippen molar-refractivity contribution in [2.45, 2.75) is 31.8 Å². The van der Waals surface area contributed by atoms with E-state index in [4.69, 9.17) is 5.26 Å². The van der Waals surface area contributed by atoms with Crippen molar-refractivity contribution in [3.8, 4) is 6.07 Å². The molecule has 1 amide bonds. The van der Waals surface area contributed by atoms with Gasteiger partial charge < -0.3 is 5.32 Å². The minimum absolute atomic E-state index is 0.0200. The van der Waals surface area contributed by atoms with Crippen molar-refractivity contribution in [2.75, 3.05) is 13.6 Å². The lowest BCUT2D eigenvalue weighted by atomic mass is 10.1. The predicted octanol–water partition coefficient (Wildman–Crippen LogP) is 0.109. The number of carbonyl (C=O) groups excluding carboxylic acids is 1. The molecule has 2 unspecified atom stereocenters. The van der Waals surface area contributed by atoms with Crippen LogP contribution in [-0.4, -0.2) is 36.5 Å². The molecular formula is C9H15N3O. The van der Waals surface area contributed by atoms with Gasteiger partial charge in [-0.05, 0) is 20.4 Å². The van der Waals surface area contributed by atoms with E-state index in [1.165, 1.54) is 0 Å². The molecule has 1 aliphatic heterocycles. The third-order valence-corrected chi connectivity index (χ3v) is 2.64. The second-order valence-corrected chi connectivity index (χ2v) is 3.47. The average Bonchev–Trinajstić information content (AvgIpc) is 2.21. The molecule has 1 heterocycles. The topological polar surface area (TPSA) is 56.1 Å². The van der Waals surface area contributed by atoms with E-state index in [-0.39, 0.29) is 18.4 Å². The standard InChI is InChI=1S/C9H15N3O/c1-7-4-6-11-9(13)8(3-5-10)12(7)2/h7-8H,3-4,6H2,1-2H3,(H,11,13). The Hall–Kier alpha value is -1.08. The normalized spacial score (nSPS) is 30.4. The van der Waals surface area contributed by atoms with Crippen molar-refractivity contribution in [1.29, 1.82) is 5.26 Å². The van der Waals surface area contributed by atoms with Crippen LogP contribution in [0.4, 0.5) is 0 Å². The van der Waals surface area contributed by atoms with Crippen LogP contribution in [0.15, 0.2) is 0 Å². The molecule has 0 aromatic heterocycles. The van der Waals surface area contributed by atoms with Crippen molar-refractivity contribution in [3.05, 3.63) is 0 Å². The second kappa shape index (κ2) is 4.24. The number of hydrogen-bond donors (Lipinski definition) is 1. The highest BCUT2D eigenvalue weighted by Crippen LogP contribution is 2.12. The fourth-order valence-corrected chi connectivity index (χ4v) is 1.54. The van der Waals surface area contributed by atoms with Crippen LogP contribution in [0.25, 0.3) is 0 Å². The Kier molecular flexibility index (Phi) is 3.26. The Balaban J connectivity index is 2.73. The fourth-order valence-electron chi connectivity index (χ4n) is 1.54. The largest absolute Gasteiger partial charge is 0.355 e. The number of nitrogens with one attached hydrogen (secondary N) is 1. The first-order chi connectivity index (χ1) is 6.16. The third-order valence-electron chi connectivity index (χ3n) is 2.64. The zero-order valence-corrected chi connectivity index (χ0v) is 8.08. The highest BCUT2D eigenvalue weighted by molar-refractivity contribution is 5.82. The summed E-state index contributed by atoms with van der Waals surface area (Å²) in [6.45, 7) is 2.79. The molecule has 0 spiro atoms. The Morgan fingerprint density at radius 2 is 2.46 bits per heavy atom. The molecule has 0 bridgehead atoms. The molecular weight excluding hydrogens is 166 g/mol. The summed E-state index contributed by atoms with van der Waals surface area (Å²) in [6.07, 6.45) is 1.22. The van der Waals surface area contributed by atoms with Crippen LogP contribution in [0.3, 0.4) is 0 Å². The summed E-state index contributed by atoms with van der Waals surface area (Å²) in [5.74, 6) is -0.0200. The number of rotatable bonds is 1. The molecule has 13 heavy (non-hydrogen) atoms. The fraction of sp³-hybridized carbons (Fsp3) is 0.778. The van der Waals surface area contributed by atoms with Crippen molar-refractivity contribution < 1.29 is 4.79 Å². The van der Waals surface area contributed by atoms with Gasteiger partial charge >= 0.3 is 0 Å². The third kappa shape index (κ3) is 2.19. The van der Waals surface area contributed by atoms with Gasteiger partial charge in [0, 0.05) is 12.6 Å². The smallest absolute Gasteiger partial charge is 0.238 e. The van der Waals surface area contributed by atoms with E-state index in [2.05, 4.69) is 12.2 Å². The Morgan fingerprint density at radius 3 is 3.08 bits per heavy atom. The molecule has 1 fully saturated rings. The molecule has 72 valence electrons. The zero-order chi connectivity index (χ0) is 9.84. The van der Waals surface area contributed by atoms with Gasteiger partial charge in [-0.2, -0.15) is 5.26 Å². The summed E-state index contributed by atoms with van der Waals surface area (Å²) >= 11 is 0. The maximum absolute atomic E-state index is 11.5.